The average molecular weight is 417 g/mol. The number of aliphatic hydroxyl groups excluding tert-OH is 1. The topological polar surface area (TPSA) is 49.8 Å². The largest absolute Gasteiger partial charge is 0.503 e. The van der Waals surface area contributed by atoms with Crippen molar-refractivity contribution in [2.24, 2.45) is 0 Å². The highest BCUT2D eigenvalue weighted by Crippen LogP contribution is 2.45. The van der Waals surface area contributed by atoms with Crippen molar-refractivity contribution < 1.29 is 19.0 Å². The molecule has 1 aliphatic heterocycles. The van der Waals surface area contributed by atoms with E-state index >= 15 is 0 Å². The van der Waals surface area contributed by atoms with Crippen LogP contribution < -0.4 is 9.64 Å². The van der Waals surface area contributed by atoms with Crippen molar-refractivity contribution in [2.45, 2.75) is 25.8 Å². The fourth-order valence-corrected chi connectivity index (χ4v) is 3.92. The lowest BCUT2D eigenvalue weighted by Crippen LogP contribution is -2.30. The second-order valence-electron chi connectivity index (χ2n) is 7.87. The Hall–Kier alpha value is -3.60. The molecule has 0 spiro atoms. The van der Waals surface area contributed by atoms with Crippen molar-refractivity contribution in [1.82, 2.24) is 0 Å². The Bertz CT molecular complexity index is 1120. The zero-order chi connectivity index (χ0) is 22.1. The van der Waals surface area contributed by atoms with Gasteiger partial charge in [0.1, 0.15) is 11.6 Å². The van der Waals surface area contributed by atoms with Gasteiger partial charge in [-0.3, -0.25) is 9.69 Å². The van der Waals surface area contributed by atoms with Crippen molar-refractivity contribution >= 4 is 17.2 Å². The molecule has 1 atom stereocenters. The summed E-state index contributed by atoms with van der Waals surface area (Å²) in [5.41, 5.74) is 3.78. The highest BCUT2D eigenvalue weighted by molar-refractivity contribution is 6.16. The van der Waals surface area contributed by atoms with Crippen LogP contribution >= 0.6 is 0 Å². The van der Waals surface area contributed by atoms with E-state index in [9.17, 15) is 14.3 Å². The highest BCUT2D eigenvalue weighted by Gasteiger charge is 2.42. The van der Waals surface area contributed by atoms with Crippen LogP contribution in [-0.2, 0) is 4.79 Å². The van der Waals surface area contributed by atoms with Crippen LogP contribution in [0.5, 0.6) is 5.75 Å². The van der Waals surface area contributed by atoms with E-state index in [1.165, 1.54) is 22.6 Å². The number of carbonyl (C=O) groups is 1. The Balaban J connectivity index is 1.86. The van der Waals surface area contributed by atoms with Crippen molar-refractivity contribution in [3.05, 3.63) is 101 Å². The maximum absolute atomic E-state index is 13.5. The van der Waals surface area contributed by atoms with E-state index < -0.39 is 11.9 Å². The van der Waals surface area contributed by atoms with E-state index in [4.69, 9.17) is 4.74 Å². The average Bonchev–Trinajstić information content (AvgIpc) is 3.05. The number of benzene rings is 3. The van der Waals surface area contributed by atoms with Gasteiger partial charge < -0.3 is 9.84 Å². The van der Waals surface area contributed by atoms with E-state index in [1.807, 2.05) is 36.4 Å². The number of halogens is 1. The summed E-state index contributed by atoms with van der Waals surface area (Å²) in [6.45, 7) is 4.24. The molecule has 0 aromatic heterocycles. The van der Waals surface area contributed by atoms with Crippen molar-refractivity contribution in [2.75, 3.05) is 12.0 Å². The summed E-state index contributed by atoms with van der Waals surface area (Å²) >= 11 is 0. The summed E-state index contributed by atoms with van der Waals surface area (Å²) in [6.07, 6.45) is 0. The van der Waals surface area contributed by atoms with E-state index in [0.29, 0.717) is 28.5 Å². The van der Waals surface area contributed by atoms with Gasteiger partial charge in [-0.15, -0.1) is 0 Å². The molecule has 1 aliphatic rings. The Morgan fingerprint density at radius 2 is 1.55 bits per heavy atom. The third kappa shape index (κ3) is 3.79. The summed E-state index contributed by atoms with van der Waals surface area (Å²) in [5, 5.41) is 10.9. The Labute approximate surface area is 181 Å². The molecule has 4 nitrogen and oxygen atoms in total. The SMILES string of the molecule is COc1ccc(C2=C(O)C(=O)N(c3ccc(F)cc3)[C@H]2c2ccc(C(C)C)cc2)cc1. The van der Waals surface area contributed by atoms with Gasteiger partial charge in [0, 0.05) is 11.3 Å². The first-order valence-electron chi connectivity index (χ1n) is 10.2. The summed E-state index contributed by atoms with van der Waals surface area (Å²) < 4.78 is 18.8. The van der Waals surface area contributed by atoms with Crippen LogP contribution in [0.25, 0.3) is 5.57 Å². The summed E-state index contributed by atoms with van der Waals surface area (Å²) in [4.78, 5) is 14.7. The third-order valence-electron chi connectivity index (χ3n) is 5.63. The number of ether oxygens (including phenoxy) is 1. The standard InChI is InChI=1S/C26H24FNO3/c1-16(2)17-4-6-19(7-5-17)24-23(18-8-14-22(31-3)15-9-18)25(29)26(30)28(24)21-12-10-20(27)11-13-21/h4-16,24,29H,1-3H3/t24-/m0/s1. The van der Waals surface area contributed by atoms with Gasteiger partial charge in [-0.05, 0) is 59.0 Å². The van der Waals surface area contributed by atoms with Crippen molar-refractivity contribution in [3.8, 4) is 5.75 Å². The van der Waals surface area contributed by atoms with Gasteiger partial charge in [0.2, 0.25) is 0 Å². The lowest BCUT2D eigenvalue weighted by molar-refractivity contribution is -0.117. The Morgan fingerprint density at radius 3 is 2.10 bits per heavy atom. The number of amides is 1. The molecule has 1 N–H and O–H groups in total. The van der Waals surface area contributed by atoms with E-state index in [0.717, 1.165) is 5.56 Å². The molecule has 3 aromatic rings. The summed E-state index contributed by atoms with van der Waals surface area (Å²) in [6, 6.07) is 20.4. The highest BCUT2D eigenvalue weighted by atomic mass is 19.1. The molecule has 5 heteroatoms. The van der Waals surface area contributed by atoms with E-state index in [-0.39, 0.29) is 11.6 Å². The smallest absolute Gasteiger partial charge is 0.294 e. The first-order chi connectivity index (χ1) is 14.9. The van der Waals surface area contributed by atoms with Gasteiger partial charge >= 0.3 is 0 Å². The predicted octanol–water partition coefficient (Wildman–Crippen LogP) is 6.01. The molecular weight excluding hydrogens is 393 g/mol. The van der Waals surface area contributed by atoms with Crippen LogP contribution in [0, 0.1) is 5.82 Å². The van der Waals surface area contributed by atoms with Gasteiger partial charge in [-0.1, -0.05) is 50.2 Å². The van der Waals surface area contributed by atoms with E-state index in [1.54, 1.807) is 31.4 Å². The quantitative estimate of drug-likeness (QED) is 0.553. The summed E-state index contributed by atoms with van der Waals surface area (Å²) in [5.74, 6) is -0.164. The minimum atomic E-state index is -0.549. The monoisotopic (exact) mass is 417 g/mol. The number of carbonyl (C=O) groups excluding carboxylic acids is 1. The molecule has 0 bridgehead atoms. The van der Waals surface area contributed by atoms with Crippen LogP contribution in [0.4, 0.5) is 10.1 Å². The van der Waals surface area contributed by atoms with Crippen LogP contribution in [-0.4, -0.2) is 18.1 Å². The van der Waals surface area contributed by atoms with Crippen molar-refractivity contribution in [1.29, 1.82) is 0 Å². The number of hydrogen-bond acceptors (Lipinski definition) is 3. The molecule has 0 unspecified atom stereocenters. The number of hydrogen-bond donors (Lipinski definition) is 1. The van der Waals surface area contributed by atoms with Crippen LogP contribution in [0.2, 0.25) is 0 Å². The number of rotatable bonds is 5. The minimum absolute atomic E-state index is 0.313. The Kier molecular flexibility index (Phi) is 5.51. The van der Waals surface area contributed by atoms with Gasteiger partial charge in [-0.2, -0.15) is 0 Å². The molecule has 1 heterocycles. The molecule has 0 radical (unpaired) electrons. The van der Waals surface area contributed by atoms with Gasteiger partial charge in [-0.25, -0.2) is 4.39 Å². The maximum Gasteiger partial charge on any atom is 0.294 e. The number of anilines is 1. The fourth-order valence-electron chi connectivity index (χ4n) is 3.92. The first-order valence-corrected chi connectivity index (χ1v) is 10.2. The molecule has 0 saturated carbocycles. The molecule has 1 amide bonds. The number of methoxy groups -OCH3 is 1. The number of aliphatic hydroxyl groups is 1. The molecular formula is C26H24FNO3. The lowest BCUT2D eigenvalue weighted by Gasteiger charge is -2.28. The van der Waals surface area contributed by atoms with Gasteiger partial charge in [0.25, 0.3) is 5.91 Å². The van der Waals surface area contributed by atoms with Gasteiger partial charge in [0.05, 0.1) is 13.2 Å². The second kappa shape index (κ2) is 8.26. The molecule has 4 rings (SSSR count). The van der Waals surface area contributed by atoms with E-state index in [2.05, 4.69) is 13.8 Å². The van der Waals surface area contributed by atoms with Crippen LogP contribution in [0.15, 0.2) is 78.6 Å². The predicted molar refractivity (Wildman–Crippen MR) is 120 cm³/mol. The third-order valence-corrected chi connectivity index (χ3v) is 5.63. The molecule has 0 saturated heterocycles. The molecule has 31 heavy (non-hydrogen) atoms. The first kappa shape index (κ1) is 20.7. The lowest BCUT2D eigenvalue weighted by atomic mass is 9.91. The fraction of sp³-hybridized carbons (Fsp3) is 0.192. The molecule has 3 aromatic carbocycles. The molecule has 0 aliphatic carbocycles. The van der Waals surface area contributed by atoms with Crippen molar-refractivity contribution in [3.63, 3.8) is 0 Å². The summed E-state index contributed by atoms with van der Waals surface area (Å²) in [7, 11) is 1.58. The normalized spacial score (nSPS) is 16.4. The number of nitrogens with zero attached hydrogens (tertiary/aromatic N) is 1. The zero-order valence-corrected chi connectivity index (χ0v) is 17.7. The maximum atomic E-state index is 13.5. The second-order valence-corrected chi connectivity index (χ2v) is 7.87. The molecule has 0 fully saturated rings. The van der Waals surface area contributed by atoms with Crippen LogP contribution in [0.3, 0.4) is 0 Å². The Morgan fingerprint density at radius 1 is 0.935 bits per heavy atom. The van der Waals surface area contributed by atoms with Crippen LogP contribution in [0.1, 0.15) is 42.5 Å². The molecule has 158 valence electrons. The zero-order valence-electron chi connectivity index (χ0n) is 17.7. The minimum Gasteiger partial charge on any atom is -0.503 e. The van der Waals surface area contributed by atoms with Gasteiger partial charge in [0.15, 0.2) is 5.76 Å².